The molecule has 2 aliphatic rings. The van der Waals surface area contributed by atoms with Crippen molar-refractivity contribution in [3.05, 3.63) is 29.8 Å². The maximum absolute atomic E-state index is 5.68. The first kappa shape index (κ1) is 7.39. The maximum Gasteiger partial charge on any atom is 0.207 e. The molecule has 68 valence electrons. The molecular formula is C11H12O2. The van der Waals surface area contributed by atoms with Crippen LogP contribution in [0.15, 0.2) is 24.3 Å². The molecule has 1 aromatic carbocycles. The molecule has 0 bridgehead atoms. The molecule has 0 N–H and O–H groups in total. The standard InChI is InChI=1S/C11H12O2/c1-7-6-12-11-10(7)8-4-2-3-5-9(8)13-11/h2-5,7,10-11H,6H2,1H3/t7?,10-,11+/m0/s1. The Balaban J connectivity index is 2.08. The van der Waals surface area contributed by atoms with E-state index in [1.54, 1.807) is 0 Å². The van der Waals surface area contributed by atoms with Crippen molar-refractivity contribution >= 4 is 0 Å². The van der Waals surface area contributed by atoms with Crippen LogP contribution in [0.2, 0.25) is 0 Å². The van der Waals surface area contributed by atoms with Gasteiger partial charge >= 0.3 is 0 Å². The molecule has 1 saturated heterocycles. The van der Waals surface area contributed by atoms with E-state index in [1.165, 1.54) is 5.56 Å². The molecule has 3 rings (SSSR count). The molecule has 1 aromatic rings. The van der Waals surface area contributed by atoms with Crippen LogP contribution < -0.4 is 4.74 Å². The van der Waals surface area contributed by atoms with Crippen molar-refractivity contribution in [2.45, 2.75) is 19.1 Å². The molecular weight excluding hydrogens is 164 g/mol. The minimum absolute atomic E-state index is 0.0209. The highest BCUT2D eigenvalue weighted by Gasteiger charge is 2.43. The lowest BCUT2D eigenvalue weighted by atomic mass is 9.90. The molecule has 0 aliphatic carbocycles. The summed E-state index contributed by atoms with van der Waals surface area (Å²) >= 11 is 0. The molecule has 0 spiro atoms. The van der Waals surface area contributed by atoms with Gasteiger partial charge in [-0.3, -0.25) is 0 Å². The highest BCUT2D eigenvalue weighted by Crippen LogP contribution is 2.46. The van der Waals surface area contributed by atoms with Crippen LogP contribution in [-0.4, -0.2) is 12.9 Å². The fraction of sp³-hybridized carbons (Fsp3) is 0.455. The molecule has 0 amide bonds. The fourth-order valence-electron chi connectivity index (χ4n) is 2.27. The second kappa shape index (κ2) is 2.48. The summed E-state index contributed by atoms with van der Waals surface area (Å²) in [7, 11) is 0. The summed E-state index contributed by atoms with van der Waals surface area (Å²) in [4.78, 5) is 0. The molecule has 0 radical (unpaired) electrons. The molecule has 2 nitrogen and oxygen atoms in total. The number of fused-ring (bicyclic) bond motifs is 3. The Morgan fingerprint density at radius 3 is 3.08 bits per heavy atom. The minimum atomic E-state index is -0.0209. The topological polar surface area (TPSA) is 18.5 Å². The molecule has 3 atom stereocenters. The summed E-state index contributed by atoms with van der Waals surface area (Å²) < 4.78 is 11.2. The van der Waals surface area contributed by atoms with Gasteiger partial charge in [0.2, 0.25) is 6.29 Å². The first-order chi connectivity index (χ1) is 6.36. The van der Waals surface area contributed by atoms with E-state index in [4.69, 9.17) is 9.47 Å². The van der Waals surface area contributed by atoms with Gasteiger partial charge in [0.05, 0.1) is 12.5 Å². The van der Waals surface area contributed by atoms with E-state index in [9.17, 15) is 0 Å². The number of para-hydroxylation sites is 1. The van der Waals surface area contributed by atoms with Gasteiger partial charge in [0, 0.05) is 5.56 Å². The first-order valence-electron chi connectivity index (χ1n) is 4.73. The SMILES string of the molecule is CC1CO[C@@H]2Oc3ccccc3[C@H]12. The lowest BCUT2D eigenvalue weighted by Gasteiger charge is -2.09. The number of benzene rings is 1. The Bertz CT molecular complexity index is 335. The van der Waals surface area contributed by atoms with Crippen LogP contribution in [0.25, 0.3) is 0 Å². The minimum Gasteiger partial charge on any atom is -0.464 e. The van der Waals surface area contributed by atoms with Gasteiger partial charge in [-0.1, -0.05) is 25.1 Å². The fourth-order valence-corrected chi connectivity index (χ4v) is 2.27. The number of ether oxygens (including phenoxy) is 2. The average Bonchev–Trinajstić information content (AvgIpc) is 2.66. The van der Waals surface area contributed by atoms with Crippen LogP contribution in [0.5, 0.6) is 5.75 Å². The smallest absolute Gasteiger partial charge is 0.207 e. The monoisotopic (exact) mass is 176 g/mol. The van der Waals surface area contributed by atoms with Gasteiger partial charge < -0.3 is 9.47 Å². The Labute approximate surface area is 77.5 Å². The van der Waals surface area contributed by atoms with Crippen molar-refractivity contribution in [2.75, 3.05) is 6.61 Å². The van der Waals surface area contributed by atoms with Gasteiger partial charge in [-0.05, 0) is 12.0 Å². The normalized spacial score (nSPS) is 35.3. The van der Waals surface area contributed by atoms with Gasteiger partial charge in [0.1, 0.15) is 5.75 Å². The van der Waals surface area contributed by atoms with Crippen molar-refractivity contribution < 1.29 is 9.47 Å². The average molecular weight is 176 g/mol. The summed E-state index contributed by atoms with van der Waals surface area (Å²) in [5, 5.41) is 0. The number of hydrogen-bond donors (Lipinski definition) is 0. The quantitative estimate of drug-likeness (QED) is 0.603. The van der Waals surface area contributed by atoms with E-state index < -0.39 is 0 Å². The van der Waals surface area contributed by atoms with E-state index in [0.717, 1.165) is 12.4 Å². The Morgan fingerprint density at radius 1 is 1.31 bits per heavy atom. The third-order valence-corrected chi connectivity index (χ3v) is 2.95. The zero-order valence-electron chi connectivity index (χ0n) is 7.57. The largest absolute Gasteiger partial charge is 0.464 e. The highest BCUT2D eigenvalue weighted by atomic mass is 16.7. The van der Waals surface area contributed by atoms with Crippen LogP contribution >= 0.6 is 0 Å². The zero-order valence-corrected chi connectivity index (χ0v) is 7.57. The molecule has 2 heterocycles. The second-order valence-corrected chi connectivity index (χ2v) is 3.86. The Morgan fingerprint density at radius 2 is 2.15 bits per heavy atom. The summed E-state index contributed by atoms with van der Waals surface area (Å²) in [6.45, 7) is 3.04. The molecule has 1 unspecified atom stereocenters. The van der Waals surface area contributed by atoms with Crippen molar-refractivity contribution in [3.63, 3.8) is 0 Å². The zero-order chi connectivity index (χ0) is 8.84. The van der Waals surface area contributed by atoms with Crippen molar-refractivity contribution in [3.8, 4) is 5.75 Å². The molecule has 0 aromatic heterocycles. The van der Waals surface area contributed by atoms with E-state index in [2.05, 4.69) is 19.1 Å². The van der Waals surface area contributed by atoms with Crippen LogP contribution in [0, 0.1) is 5.92 Å². The predicted octanol–water partition coefficient (Wildman–Crippen LogP) is 2.16. The lowest BCUT2D eigenvalue weighted by molar-refractivity contribution is -0.0340. The molecule has 2 heteroatoms. The first-order valence-corrected chi connectivity index (χ1v) is 4.73. The third-order valence-electron chi connectivity index (χ3n) is 2.95. The lowest BCUT2D eigenvalue weighted by Crippen LogP contribution is -2.15. The molecule has 13 heavy (non-hydrogen) atoms. The van der Waals surface area contributed by atoms with Crippen LogP contribution in [0.4, 0.5) is 0 Å². The predicted molar refractivity (Wildman–Crippen MR) is 48.7 cm³/mol. The summed E-state index contributed by atoms with van der Waals surface area (Å²) in [6, 6.07) is 8.23. The van der Waals surface area contributed by atoms with E-state index >= 15 is 0 Å². The molecule has 0 saturated carbocycles. The van der Waals surface area contributed by atoms with Crippen LogP contribution in [0.1, 0.15) is 18.4 Å². The Kier molecular flexibility index (Phi) is 1.41. The van der Waals surface area contributed by atoms with Crippen LogP contribution in [-0.2, 0) is 4.74 Å². The van der Waals surface area contributed by atoms with Gasteiger partial charge in [0.15, 0.2) is 0 Å². The number of rotatable bonds is 0. The molecule has 2 aliphatic heterocycles. The molecule has 1 fully saturated rings. The Hall–Kier alpha value is -1.02. The number of hydrogen-bond acceptors (Lipinski definition) is 2. The summed E-state index contributed by atoms with van der Waals surface area (Å²) in [5.74, 6) is 2.04. The summed E-state index contributed by atoms with van der Waals surface area (Å²) in [6.07, 6.45) is -0.0209. The van der Waals surface area contributed by atoms with Gasteiger partial charge in [-0.15, -0.1) is 0 Å². The second-order valence-electron chi connectivity index (χ2n) is 3.86. The van der Waals surface area contributed by atoms with E-state index in [-0.39, 0.29) is 6.29 Å². The van der Waals surface area contributed by atoms with Gasteiger partial charge in [0.25, 0.3) is 0 Å². The van der Waals surface area contributed by atoms with E-state index in [1.807, 2.05) is 12.1 Å². The van der Waals surface area contributed by atoms with Gasteiger partial charge in [-0.2, -0.15) is 0 Å². The van der Waals surface area contributed by atoms with Crippen LogP contribution in [0.3, 0.4) is 0 Å². The highest BCUT2D eigenvalue weighted by molar-refractivity contribution is 5.41. The third kappa shape index (κ3) is 0.923. The summed E-state index contributed by atoms with van der Waals surface area (Å²) in [5.41, 5.74) is 1.32. The van der Waals surface area contributed by atoms with Crippen molar-refractivity contribution in [2.24, 2.45) is 5.92 Å². The van der Waals surface area contributed by atoms with Crippen molar-refractivity contribution in [1.29, 1.82) is 0 Å². The van der Waals surface area contributed by atoms with E-state index in [0.29, 0.717) is 11.8 Å². The van der Waals surface area contributed by atoms with Crippen molar-refractivity contribution in [1.82, 2.24) is 0 Å². The van der Waals surface area contributed by atoms with Gasteiger partial charge in [-0.25, -0.2) is 0 Å². The maximum atomic E-state index is 5.68.